The van der Waals surface area contributed by atoms with Gasteiger partial charge in [-0.05, 0) is 42.8 Å². The summed E-state index contributed by atoms with van der Waals surface area (Å²) in [6, 6.07) is 16.5. The molecule has 0 aliphatic carbocycles. The fraction of sp³-hybridized carbons (Fsp3) is 0.238. The van der Waals surface area contributed by atoms with E-state index in [2.05, 4.69) is 5.16 Å². The van der Waals surface area contributed by atoms with Gasteiger partial charge in [0.1, 0.15) is 11.5 Å². The van der Waals surface area contributed by atoms with Crippen molar-refractivity contribution >= 4 is 11.8 Å². The number of nitrogens with zero attached hydrogens (tertiary/aromatic N) is 2. The molecule has 0 fully saturated rings. The van der Waals surface area contributed by atoms with Gasteiger partial charge in [0, 0.05) is 19.2 Å². The molecular formula is C21H22N2O5. The van der Waals surface area contributed by atoms with Crippen LogP contribution in [0.5, 0.6) is 11.5 Å². The first-order valence-corrected chi connectivity index (χ1v) is 8.86. The Morgan fingerprint density at radius 3 is 2.46 bits per heavy atom. The monoisotopic (exact) mass is 382 g/mol. The molecule has 146 valence electrons. The summed E-state index contributed by atoms with van der Waals surface area (Å²) in [5.41, 5.74) is 0.661. The van der Waals surface area contributed by atoms with E-state index in [1.807, 2.05) is 30.3 Å². The Balaban J connectivity index is 1.68. The van der Waals surface area contributed by atoms with Gasteiger partial charge in [-0.1, -0.05) is 23.4 Å². The summed E-state index contributed by atoms with van der Waals surface area (Å²) in [7, 11) is 3.35. The molecule has 7 heteroatoms. The van der Waals surface area contributed by atoms with E-state index in [9.17, 15) is 9.90 Å². The molecule has 0 spiro atoms. The van der Waals surface area contributed by atoms with Gasteiger partial charge in [0.05, 0.1) is 13.7 Å². The van der Waals surface area contributed by atoms with Crippen LogP contribution in [-0.4, -0.2) is 43.5 Å². The maximum Gasteiger partial charge on any atom is 0.343 e. The molecule has 0 bridgehead atoms. The van der Waals surface area contributed by atoms with E-state index in [4.69, 9.17) is 14.0 Å². The minimum atomic E-state index is -1.09. The second-order valence-corrected chi connectivity index (χ2v) is 6.18. The number of para-hydroxylation sites is 1. The SMILES string of the molecule is COc1ccc(-c2onc(N(C)CCCOc3ccccc3)c2C(=O)O)cc1. The van der Waals surface area contributed by atoms with Crippen molar-refractivity contribution in [3.05, 3.63) is 60.2 Å². The lowest BCUT2D eigenvalue weighted by molar-refractivity contribution is 0.0698. The Labute approximate surface area is 163 Å². The molecule has 0 atom stereocenters. The van der Waals surface area contributed by atoms with Crippen LogP contribution in [0.2, 0.25) is 0 Å². The first kappa shape index (κ1) is 19.3. The normalized spacial score (nSPS) is 10.5. The molecular weight excluding hydrogens is 360 g/mol. The van der Waals surface area contributed by atoms with Gasteiger partial charge < -0.3 is 24.0 Å². The maximum absolute atomic E-state index is 11.8. The van der Waals surface area contributed by atoms with Crippen molar-refractivity contribution in [3.8, 4) is 22.8 Å². The van der Waals surface area contributed by atoms with Crippen LogP contribution in [0, 0.1) is 0 Å². The second-order valence-electron chi connectivity index (χ2n) is 6.18. The third kappa shape index (κ3) is 4.43. The Morgan fingerprint density at radius 2 is 1.82 bits per heavy atom. The van der Waals surface area contributed by atoms with E-state index in [-0.39, 0.29) is 17.1 Å². The zero-order valence-corrected chi connectivity index (χ0v) is 15.8. The van der Waals surface area contributed by atoms with Crippen LogP contribution in [0.25, 0.3) is 11.3 Å². The Kier molecular flexibility index (Phi) is 6.16. The van der Waals surface area contributed by atoms with Gasteiger partial charge in [0.15, 0.2) is 17.1 Å². The smallest absolute Gasteiger partial charge is 0.343 e. The van der Waals surface area contributed by atoms with E-state index in [0.29, 0.717) is 30.9 Å². The van der Waals surface area contributed by atoms with Crippen molar-refractivity contribution in [3.63, 3.8) is 0 Å². The predicted octanol–water partition coefficient (Wildman–Crippen LogP) is 3.95. The fourth-order valence-corrected chi connectivity index (χ4v) is 2.79. The molecule has 2 aromatic carbocycles. The number of carboxylic acids is 1. The van der Waals surface area contributed by atoms with Crippen LogP contribution >= 0.6 is 0 Å². The largest absolute Gasteiger partial charge is 0.497 e. The molecule has 3 aromatic rings. The van der Waals surface area contributed by atoms with Crippen molar-refractivity contribution in [1.82, 2.24) is 5.16 Å². The molecule has 0 saturated carbocycles. The van der Waals surface area contributed by atoms with E-state index >= 15 is 0 Å². The summed E-state index contributed by atoms with van der Waals surface area (Å²) < 4.78 is 16.2. The lowest BCUT2D eigenvalue weighted by Crippen LogP contribution is -2.22. The molecule has 0 unspecified atom stereocenters. The van der Waals surface area contributed by atoms with E-state index in [0.717, 1.165) is 5.75 Å². The third-order valence-corrected chi connectivity index (χ3v) is 4.25. The highest BCUT2D eigenvalue weighted by Gasteiger charge is 2.26. The number of hydrogen-bond donors (Lipinski definition) is 1. The van der Waals surface area contributed by atoms with Gasteiger partial charge in [-0.25, -0.2) is 4.79 Å². The van der Waals surface area contributed by atoms with Gasteiger partial charge in [-0.15, -0.1) is 0 Å². The lowest BCUT2D eigenvalue weighted by atomic mass is 10.1. The molecule has 0 amide bonds. The minimum Gasteiger partial charge on any atom is -0.497 e. The zero-order chi connectivity index (χ0) is 19.9. The molecule has 28 heavy (non-hydrogen) atoms. The third-order valence-electron chi connectivity index (χ3n) is 4.25. The second kappa shape index (κ2) is 8.94. The van der Waals surface area contributed by atoms with Crippen LogP contribution in [-0.2, 0) is 0 Å². The van der Waals surface area contributed by atoms with Crippen LogP contribution in [0.3, 0.4) is 0 Å². The summed E-state index contributed by atoms with van der Waals surface area (Å²) in [5, 5.41) is 13.7. The highest BCUT2D eigenvalue weighted by Crippen LogP contribution is 2.32. The Bertz CT molecular complexity index is 906. The van der Waals surface area contributed by atoms with Crippen molar-refractivity contribution < 1.29 is 23.9 Å². The van der Waals surface area contributed by atoms with Gasteiger partial charge >= 0.3 is 5.97 Å². The first-order valence-electron chi connectivity index (χ1n) is 8.86. The van der Waals surface area contributed by atoms with Crippen LogP contribution < -0.4 is 14.4 Å². The predicted molar refractivity (Wildman–Crippen MR) is 105 cm³/mol. The van der Waals surface area contributed by atoms with Crippen molar-refractivity contribution in [1.29, 1.82) is 0 Å². The van der Waals surface area contributed by atoms with Crippen molar-refractivity contribution in [2.75, 3.05) is 32.2 Å². The number of ether oxygens (including phenoxy) is 2. The average molecular weight is 382 g/mol. The van der Waals surface area contributed by atoms with E-state index in [1.165, 1.54) is 0 Å². The number of hydrogen-bond acceptors (Lipinski definition) is 6. The van der Waals surface area contributed by atoms with Crippen LogP contribution in [0.1, 0.15) is 16.8 Å². The Hall–Kier alpha value is -3.48. The number of benzene rings is 2. The summed E-state index contributed by atoms with van der Waals surface area (Å²) in [6.07, 6.45) is 0.704. The van der Waals surface area contributed by atoms with Gasteiger partial charge in [0.2, 0.25) is 0 Å². The zero-order valence-electron chi connectivity index (χ0n) is 15.8. The molecule has 1 N–H and O–H groups in total. The van der Waals surface area contributed by atoms with Crippen molar-refractivity contribution in [2.24, 2.45) is 0 Å². The molecule has 1 heterocycles. The molecule has 0 saturated heterocycles. The summed E-state index contributed by atoms with van der Waals surface area (Å²) >= 11 is 0. The first-order chi connectivity index (χ1) is 13.6. The minimum absolute atomic E-state index is 0.0386. The maximum atomic E-state index is 11.8. The molecule has 3 rings (SSSR count). The van der Waals surface area contributed by atoms with Gasteiger partial charge in [-0.2, -0.15) is 0 Å². The number of aromatic carboxylic acids is 1. The number of methoxy groups -OCH3 is 1. The summed E-state index contributed by atoms with van der Waals surface area (Å²) in [5.74, 6) is 0.903. The Morgan fingerprint density at radius 1 is 1.11 bits per heavy atom. The number of anilines is 1. The van der Waals surface area contributed by atoms with E-state index in [1.54, 1.807) is 43.3 Å². The molecule has 7 nitrogen and oxygen atoms in total. The quantitative estimate of drug-likeness (QED) is 0.561. The summed E-state index contributed by atoms with van der Waals surface area (Å²) in [6.45, 7) is 1.08. The van der Waals surface area contributed by atoms with Crippen molar-refractivity contribution in [2.45, 2.75) is 6.42 Å². The molecule has 0 aliphatic heterocycles. The topological polar surface area (TPSA) is 85.0 Å². The fourth-order valence-electron chi connectivity index (χ4n) is 2.79. The van der Waals surface area contributed by atoms with E-state index < -0.39 is 5.97 Å². The highest BCUT2D eigenvalue weighted by atomic mass is 16.5. The number of aromatic nitrogens is 1. The molecule has 1 aromatic heterocycles. The number of rotatable bonds is 9. The average Bonchev–Trinajstić information content (AvgIpc) is 3.17. The highest BCUT2D eigenvalue weighted by molar-refractivity contribution is 5.99. The molecule has 0 radical (unpaired) electrons. The number of carboxylic acid groups (broad SMARTS) is 1. The van der Waals surface area contributed by atoms with Gasteiger partial charge in [0.25, 0.3) is 0 Å². The van der Waals surface area contributed by atoms with Crippen LogP contribution in [0.4, 0.5) is 5.82 Å². The number of carbonyl (C=O) groups is 1. The molecule has 0 aliphatic rings. The standard InChI is InChI=1S/C21H22N2O5/c1-23(13-6-14-27-17-7-4-3-5-8-17)20-18(21(24)25)19(28-22-20)15-9-11-16(26-2)12-10-15/h3-5,7-12H,6,13-14H2,1-2H3,(H,24,25). The van der Waals surface area contributed by atoms with Gasteiger partial charge in [-0.3, -0.25) is 0 Å². The summed E-state index contributed by atoms with van der Waals surface area (Å²) in [4.78, 5) is 13.6. The lowest BCUT2D eigenvalue weighted by Gasteiger charge is -2.16. The van der Waals surface area contributed by atoms with Crippen LogP contribution in [0.15, 0.2) is 59.1 Å².